The number of nitrogens with zero attached hydrogens (tertiary/aromatic N) is 2. The Morgan fingerprint density at radius 3 is 1.22 bits per heavy atom. The maximum Gasteiger partial charge on any atom is 0.0462 e. The van der Waals surface area contributed by atoms with Crippen LogP contribution in [0.3, 0.4) is 0 Å². The van der Waals surface area contributed by atoms with E-state index < -0.39 is 0 Å². The van der Waals surface area contributed by atoms with Crippen LogP contribution in [-0.2, 0) is 0 Å². The van der Waals surface area contributed by atoms with Crippen LogP contribution in [0.4, 0.5) is 28.4 Å². The summed E-state index contributed by atoms with van der Waals surface area (Å²) in [6, 6.07) is 76.4. The van der Waals surface area contributed by atoms with Crippen LogP contribution in [0.5, 0.6) is 0 Å². The Bertz CT molecular complexity index is 3010. The fourth-order valence-corrected chi connectivity index (χ4v) is 8.59. The van der Waals surface area contributed by atoms with Gasteiger partial charge in [0.25, 0.3) is 0 Å². The fourth-order valence-electron chi connectivity index (χ4n) is 8.59. The predicted octanol–water partition coefficient (Wildman–Crippen LogP) is 17.1. The normalized spacial score (nSPS) is 13.3. The molecule has 2 aliphatic carbocycles. The number of anilines is 5. The lowest BCUT2D eigenvalue weighted by Gasteiger charge is -2.27. The van der Waals surface area contributed by atoms with Gasteiger partial charge in [-0.25, -0.2) is 0 Å². The molecule has 0 saturated heterocycles. The molecule has 0 aliphatic heterocycles. The highest BCUT2D eigenvalue weighted by atomic mass is 15.1. The number of rotatable bonds is 11. The van der Waals surface area contributed by atoms with Crippen molar-refractivity contribution in [2.24, 2.45) is 0 Å². The zero-order valence-corrected chi connectivity index (χ0v) is 35.7. The van der Waals surface area contributed by atoms with Gasteiger partial charge in [0.15, 0.2) is 0 Å². The smallest absolute Gasteiger partial charge is 0.0462 e. The van der Waals surface area contributed by atoms with Crippen molar-refractivity contribution in [2.45, 2.75) is 12.8 Å². The molecular formula is C62H48N2. The summed E-state index contributed by atoms with van der Waals surface area (Å²) in [5.74, 6) is 0. The third-order valence-corrected chi connectivity index (χ3v) is 12.0. The molecule has 0 fully saturated rings. The monoisotopic (exact) mass is 820 g/mol. The maximum atomic E-state index is 2.35. The molecule has 0 N–H and O–H groups in total. The van der Waals surface area contributed by atoms with Gasteiger partial charge in [-0.2, -0.15) is 0 Å². The lowest BCUT2D eigenvalue weighted by molar-refractivity contribution is 1.21. The number of benzene rings is 8. The molecule has 0 amide bonds. The van der Waals surface area contributed by atoms with E-state index in [0.717, 1.165) is 58.1 Å². The van der Waals surface area contributed by atoms with E-state index in [2.05, 4.69) is 277 Å². The molecule has 0 aromatic heterocycles. The molecule has 2 nitrogen and oxygen atoms in total. The van der Waals surface area contributed by atoms with Gasteiger partial charge in [0.1, 0.15) is 0 Å². The van der Waals surface area contributed by atoms with Gasteiger partial charge in [-0.05, 0) is 141 Å². The van der Waals surface area contributed by atoms with Crippen LogP contribution in [0.25, 0.3) is 44.5 Å². The van der Waals surface area contributed by atoms with Gasteiger partial charge < -0.3 is 9.80 Å². The zero-order chi connectivity index (χ0) is 42.9. The molecule has 0 heterocycles. The van der Waals surface area contributed by atoms with Gasteiger partial charge in [0.2, 0.25) is 0 Å². The van der Waals surface area contributed by atoms with E-state index in [1.807, 2.05) is 0 Å². The molecule has 0 spiro atoms. The lowest BCUT2D eigenvalue weighted by Crippen LogP contribution is -2.15. The average molecular weight is 821 g/mol. The topological polar surface area (TPSA) is 6.48 Å². The summed E-state index contributed by atoms with van der Waals surface area (Å²) >= 11 is 0. The van der Waals surface area contributed by atoms with Crippen molar-refractivity contribution in [1.82, 2.24) is 0 Å². The molecule has 0 unspecified atom stereocenters. The first kappa shape index (κ1) is 39.9. The minimum absolute atomic E-state index is 0.872. The van der Waals surface area contributed by atoms with Crippen LogP contribution in [0, 0.1) is 0 Å². The molecule has 64 heavy (non-hydrogen) atoms. The molecule has 8 aromatic rings. The van der Waals surface area contributed by atoms with Gasteiger partial charge in [0.05, 0.1) is 0 Å². The zero-order valence-electron chi connectivity index (χ0n) is 35.7. The summed E-state index contributed by atoms with van der Waals surface area (Å²) in [7, 11) is 0. The first-order chi connectivity index (χ1) is 31.7. The highest BCUT2D eigenvalue weighted by Gasteiger charge is 2.17. The van der Waals surface area contributed by atoms with E-state index in [-0.39, 0.29) is 0 Å². The molecule has 2 aliphatic rings. The van der Waals surface area contributed by atoms with E-state index in [1.165, 1.54) is 44.5 Å². The molecule has 0 radical (unpaired) electrons. The van der Waals surface area contributed by atoms with E-state index in [0.29, 0.717) is 0 Å². The van der Waals surface area contributed by atoms with Gasteiger partial charge in [-0.1, -0.05) is 194 Å². The van der Waals surface area contributed by atoms with E-state index >= 15 is 0 Å². The van der Waals surface area contributed by atoms with Crippen molar-refractivity contribution in [3.63, 3.8) is 0 Å². The molecule has 0 saturated carbocycles. The summed E-state index contributed by atoms with van der Waals surface area (Å²) in [6.07, 6.45) is 21.7. The second kappa shape index (κ2) is 18.8. The van der Waals surface area contributed by atoms with Crippen molar-refractivity contribution in [2.75, 3.05) is 9.80 Å². The van der Waals surface area contributed by atoms with Crippen molar-refractivity contribution in [3.05, 3.63) is 284 Å². The standard InChI is InChI=1S/C62H48N2/c1-2-7-16-48(15-6-1)51-25-27-52(28-26-51)54-32-41-59(42-33-54)63(57-22-12-5-13-23-57)60-43-34-55(35-44-60)56-36-45-62(46-37-56)64(61-39-30-53(31-40-61)49-19-10-4-11-20-49)58-24-14-21-50(29-38-58)47-17-8-3-9-18-47/h1-6,8-20,22-46H,7,21H2. The second-order valence-corrected chi connectivity index (χ2v) is 16.1. The SMILES string of the molecule is C1=CCC=C(c2ccc(-c3ccc(N(c4ccccc4)c4ccc(-c5ccc(N(C6=CC=C(c7ccccc7)CC=C6)c6ccc(-c7ccccc7)cc6)cc5)cc4)cc3)cc2)C=C1. The molecule has 8 aromatic carbocycles. The van der Waals surface area contributed by atoms with Crippen LogP contribution < -0.4 is 9.80 Å². The second-order valence-electron chi connectivity index (χ2n) is 16.1. The highest BCUT2D eigenvalue weighted by Crippen LogP contribution is 2.39. The summed E-state index contributed by atoms with van der Waals surface area (Å²) in [6.45, 7) is 0. The Morgan fingerprint density at radius 2 is 0.703 bits per heavy atom. The van der Waals surface area contributed by atoms with E-state index in [1.54, 1.807) is 0 Å². The Labute approximate surface area is 377 Å². The van der Waals surface area contributed by atoms with Crippen LogP contribution in [0.1, 0.15) is 24.0 Å². The van der Waals surface area contributed by atoms with Crippen LogP contribution in [0.2, 0.25) is 0 Å². The Balaban J connectivity index is 0.922. The molecule has 0 atom stereocenters. The molecule has 0 bridgehead atoms. The van der Waals surface area contributed by atoms with Crippen LogP contribution in [0.15, 0.2) is 273 Å². The quantitative estimate of drug-likeness (QED) is 0.128. The summed E-state index contributed by atoms with van der Waals surface area (Å²) in [4.78, 5) is 4.68. The largest absolute Gasteiger partial charge is 0.311 e. The van der Waals surface area contributed by atoms with E-state index in [9.17, 15) is 0 Å². The third kappa shape index (κ3) is 8.90. The average Bonchev–Trinajstić information content (AvgIpc) is 3.81. The summed E-state index contributed by atoms with van der Waals surface area (Å²) in [5.41, 5.74) is 18.8. The Kier molecular flexibility index (Phi) is 11.7. The molecule has 306 valence electrons. The molecule has 2 heteroatoms. The van der Waals surface area contributed by atoms with E-state index in [4.69, 9.17) is 0 Å². The van der Waals surface area contributed by atoms with Gasteiger partial charge >= 0.3 is 0 Å². The van der Waals surface area contributed by atoms with Crippen molar-refractivity contribution < 1.29 is 0 Å². The van der Waals surface area contributed by atoms with Crippen molar-refractivity contribution in [1.29, 1.82) is 0 Å². The van der Waals surface area contributed by atoms with Crippen molar-refractivity contribution in [3.8, 4) is 33.4 Å². The first-order valence-corrected chi connectivity index (χ1v) is 22.1. The molecular weight excluding hydrogens is 773 g/mol. The molecule has 10 rings (SSSR count). The highest BCUT2D eigenvalue weighted by molar-refractivity contribution is 5.82. The summed E-state index contributed by atoms with van der Waals surface area (Å²) in [5, 5.41) is 0. The van der Waals surface area contributed by atoms with Gasteiger partial charge in [-0.3, -0.25) is 0 Å². The van der Waals surface area contributed by atoms with Crippen molar-refractivity contribution >= 4 is 39.6 Å². The Morgan fingerprint density at radius 1 is 0.297 bits per heavy atom. The Hall–Kier alpha value is -8.20. The predicted molar refractivity (Wildman–Crippen MR) is 273 cm³/mol. The van der Waals surface area contributed by atoms with Gasteiger partial charge in [0, 0.05) is 34.1 Å². The van der Waals surface area contributed by atoms with Crippen LogP contribution in [-0.4, -0.2) is 0 Å². The number of hydrogen-bond donors (Lipinski definition) is 0. The number of hydrogen-bond acceptors (Lipinski definition) is 2. The first-order valence-electron chi connectivity index (χ1n) is 22.1. The number of para-hydroxylation sites is 1. The number of allylic oxidation sites excluding steroid dienone is 11. The lowest BCUT2D eigenvalue weighted by atomic mass is 9.99. The third-order valence-electron chi connectivity index (χ3n) is 12.0. The van der Waals surface area contributed by atoms with Crippen LogP contribution >= 0.6 is 0 Å². The minimum atomic E-state index is 0.872. The maximum absolute atomic E-state index is 2.35. The van der Waals surface area contributed by atoms with Gasteiger partial charge in [-0.15, -0.1) is 0 Å². The fraction of sp³-hybridized carbons (Fsp3) is 0.0323. The summed E-state index contributed by atoms with van der Waals surface area (Å²) < 4.78 is 0. The minimum Gasteiger partial charge on any atom is -0.311 e.